The lowest BCUT2D eigenvalue weighted by Gasteiger charge is -2.39. The van der Waals surface area contributed by atoms with Crippen LogP contribution in [0.3, 0.4) is 0 Å². The van der Waals surface area contributed by atoms with Crippen molar-refractivity contribution in [1.29, 1.82) is 0 Å². The van der Waals surface area contributed by atoms with E-state index in [0.717, 1.165) is 45.3 Å². The first-order chi connectivity index (χ1) is 11.1. The van der Waals surface area contributed by atoms with E-state index in [1.54, 1.807) is 0 Å². The maximum absolute atomic E-state index is 12.8. The molecule has 1 N–H and O–H groups in total. The smallest absolute Gasteiger partial charge is 0.237 e. The van der Waals surface area contributed by atoms with E-state index in [-0.39, 0.29) is 17.9 Å². The molecule has 1 aliphatic heterocycles. The maximum Gasteiger partial charge on any atom is 0.237 e. The zero-order valence-electron chi connectivity index (χ0n) is 14.1. The van der Waals surface area contributed by atoms with E-state index in [1.807, 2.05) is 18.2 Å². The van der Waals surface area contributed by atoms with Crippen LogP contribution in [-0.2, 0) is 11.3 Å². The molecular weight excluding hydrogens is 288 g/mol. The summed E-state index contributed by atoms with van der Waals surface area (Å²) in [5.74, 6) is 0.235. The average Bonchev–Trinajstić information content (AvgIpc) is 3.38. The third kappa shape index (κ3) is 4.33. The van der Waals surface area contributed by atoms with E-state index in [4.69, 9.17) is 0 Å². The molecule has 1 saturated carbocycles. The molecule has 3 rings (SSSR count). The Balaban J connectivity index is 1.60. The van der Waals surface area contributed by atoms with Gasteiger partial charge in [-0.3, -0.25) is 9.69 Å². The highest BCUT2D eigenvalue weighted by Crippen LogP contribution is 2.31. The topological polar surface area (TPSA) is 43.8 Å². The minimum absolute atomic E-state index is 0.0532. The quantitative estimate of drug-likeness (QED) is 0.875. The van der Waals surface area contributed by atoms with Gasteiger partial charge in [-0.25, -0.2) is 0 Å². The second-order valence-electron chi connectivity index (χ2n) is 7.52. The summed E-state index contributed by atoms with van der Waals surface area (Å²) in [4.78, 5) is 17.1. The van der Waals surface area contributed by atoms with E-state index >= 15 is 0 Å². The molecule has 0 radical (unpaired) electrons. The number of likely N-dealkylation sites (tertiary alicyclic amines) is 1. The third-order valence-electron chi connectivity index (χ3n) is 5.10. The Morgan fingerprint density at radius 2 is 2.09 bits per heavy atom. The van der Waals surface area contributed by atoms with Crippen LogP contribution < -0.4 is 0 Å². The van der Waals surface area contributed by atoms with Crippen LogP contribution in [0.5, 0.6) is 0 Å². The van der Waals surface area contributed by atoms with E-state index in [0.29, 0.717) is 12.6 Å². The highest BCUT2D eigenvalue weighted by Gasteiger charge is 2.35. The SMILES string of the molecule is CC1(CO)CCCN(CC(=O)N(Cc2ccccc2)C2CC2)C1. The lowest BCUT2D eigenvalue weighted by Crippen LogP contribution is -2.48. The van der Waals surface area contributed by atoms with Gasteiger partial charge in [0.1, 0.15) is 0 Å². The number of benzene rings is 1. The molecule has 0 aromatic heterocycles. The largest absolute Gasteiger partial charge is 0.396 e. The molecule has 4 nitrogen and oxygen atoms in total. The minimum atomic E-state index is -0.0532. The normalized spacial score (nSPS) is 25.3. The number of carbonyl (C=O) groups excluding carboxylic acids is 1. The van der Waals surface area contributed by atoms with Gasteiger partial charge in [0, 0.05) is 31.2 Å². The highest BCUT2D eigenvalue weighted by atomic mass is 16.3. The maximum atomic E-state index is 12.8. The molecule has 1 saturated heterocycles. The highest BCUT2D eigenvalue weighted by molar-refractivity contribution is 5.79. The Labute approximate surface area is 139 Å². The molecule has 1 aromatic carbocycles. The van der Waals surface area contributed by atoms with E-state index < -0.39 is 0 Å². The summed E-state index contributed by atoms with van der Waals surface area (Å²) >= 11 is 0. The molecule has 1 amide bonds. The predicted molar refractivity (Wildman–Crippen MR) is 90.9 cm³/mol. The van der Waals surface area contributed by atoms with Crippen LogP contribution in [0.4, 0.5) is 0 Å². The number of hydrogen-bond acceptors (Lipinski definition) is 3. The van der Waals surface area contributed by atoms with Crippen LogP contribution in [0.25, 0.3) is 0 Å². The Kier molecular flexibility index (Phi) is 5.02. The molecular formula is C19H28N2O2. The average molecular weight is 316 g/mol. The molecule has 23 heavy (non-hydrogen) atoms. The van der Waals surface area contributed by atoms with Gasteiger partial charge in [-0.1, -0.05) is 37.3 Å². The number of amides is 1. The molecule has 126 valence electrons. The zero-order valence-corrected chi connectivity index (χ0v) is 14.1. The van der Waals surface area contributed by atoms with Crippen LogP contribution in [0.2, 0.25) is 0 Å². The van der Waals surface area contributed by atoms with Crippen molar-refractivity contribution in [3.63, 3.8) is 0 Å². The molecule has 0 spiro atoms. The van der Waals surface area contributed by atoms with E-state index in [9.17, 15) is 9.90 Å². The summed E-state index contributed by atoms with van der Waals surface area (Å²) in [5, 5.41) is 9.58. The van der Waals surface area contributed by atoms with E-state index in [2.05, 4.69) is 28.9 Å². The van der Waals surface area contributed by atoms with Gasteiger partial charge in [-0.05, 0) is 37.8 Å². The van der Waals surface area contributed by atoms with Gasteiger partial charge in [0.2, 0.25) is 5.91 Å². The standard InChI is InChI=1S/C19H28N2O2/c1-19(15-22)10-5-11-20(14-19)13-18(23)21(17-8-9-17)12-16-6-3-2-4-7-16/h2-4,6-7,17,22H,5,8-15H2,1H3. The van der Waals surface area contributed by atoms with Crippen molar-refractivity contribution in [3.8, 4) is 0 Å². The number of aliphatic hydroxyl groups is 1. The molecule has 0 bridgehead atoms. The summed E-state index contributed by atoms with van der Waals surface area (Å²) in [6.45, 7) is 5.30. The van der Waals surface area contributed by atoms with E-state index in [1.165, 1.54) is 5.56 Å². The Morgan fingerprint density at radius 3 is 2.74 bits per heavy atom. The van der Waals surface area contributed by atoms with Crippen molar-refractivity contribution in [2.24, 2.45) is 5.41 Å². The van der Waals surface area contributed by atoms with Gasteiger partial charge in [-0.15, -0.1) is 0 Å². The molecule has 2 fully saturated rings. The minimum Gasteiger partial charge on any atom is -0.396 e. The number of hydrogen-bond donors (Lipinski definition) is 1. The second kappa shape index (κ2) is 7.02. The van der Waals surface area contributed by atoms with Gasteiger partial charge in [0.05, 0.1) is 6.54 Å². The van der Waals surface area contributed by atoms with Crippen molar-refractivity contribution in [3.05, 3.63) is 35.9 Å². The molecule has 2 aliphatic rings. The fraction of sp³-hybridized carbons (Fsp3) is 0.632. The summed E-state index contributed by atoms with van der Waals surface area (Å²) in [6.07, 6.45) is 4.37. The number of aliphatic hydroxyl groups excluding tert-OH is 1. The fourth-order valence-electron chi connectivity index (χ4n) is 3.56. The van der Waals surface area contributed by atoms with Crippen molar-refractivity contribution in [2.75, 3.05) is 26.2 Å². The fourth-order valence-corrected chi connectivity index (χ4v) is 3.56. The summed E-state index contributed by atoms with van der Waals surface area (Å²) < 4.78 is 0. The number of carbonyl (C=O) groups is 1. The van der Waals surface area contributed by atoms with Crippen LogP contribution >= 0.6 is 0 Å². The zero-order chi connectivity index (χ0) is 16.3. The van der Waals surface area contributed by atoms with Crippen LogP contribution in [0, 0.1) is 5.41 Å². The molecule has 1 aliphatic carbocycles. The number of piperidine rings is 1. The van der Waals surface area contributed by atoms with Crippen molar-refractivity contribution in [2.45, 2.75) is 45.2 Å². The van der Waals surface area contributed by atoms with Crippen molar-refractivity contribution < 1.29 is 9.90 Å². The molecule has 1 unspecified atom stereocenters. The molecule has 1 atom stereocenters. The summed E-state index contributed by atoms with van der Waals surface area (Å²) in [6, 6.07) is 10.7. The Morgan fingerprint density at radius 1 is 1.35 bits per heavy atom. The first-order valence-corrected chi connectivity index (χ1v) is 8.76. The van der Waals surface area contributed by atoms with Crippen molar-refractivity contribution in [1.82, 2.24) is 9.80 Å². The summed E-state index contributed by atoms with van der Waals surface area (Å²) in [7, 11) is 0. The monoisotopic (exact) mass is 316 g/mol. The lowest BCUT2D eigenvalue weighted by molar-refractivity contribution is -0.134. The van der Waals surface area contributed by atoms with Gasteiger partial charge in [0.15, 0.2) is 0 Å². The van der Waals surface area contributed by atoms with Gasteiger partial charge < -0.3 is 10.0 Å². The molecule has 1 aromatic rings. The molecule has 1 heterocycles. The van der Waals surface area contributed by atoms with Gasteiger partial charge in [0.25, 0.3) is 0 Å². The molecule has 4 heteroatoms. The first kappa shape index (κ1) is 16.5. The van der Waals surface area contributed by atoms with Gasteiger partial charge in [-0.2, -0.15) is 0 Å². The number of nitrogens with zero attached hydrogens (tertiary/aromatic N) is 2. The lowest BCUT2D eigenvalue weighted by atomic mass is 9.83. The van der Waals surface area contributed by atoms with Crippen LogP contribution in [-0.4, -0.2) is 53.1 Å². The second-order valence-corrected chi connectivity index (χ2v) is 7.52. The third-order valence-corrected chi connectivity index (χ3v) is 5.10. The van der Waals surface area contributed by atoms with Crippen molar-refractivity contribution >= 4 is 5.91 Å². The number of rotatable bonds is 6. The van der Waals surface area contributed by atoms with Crippen LogP contribution in [0.15, 0.2) is 30.3 Å². The Hall–Kier alpha value is -1.39. The Bertz CT molecular complexity index is 529. The summed E-state index contributed by atoms with van der Waals surface area (Å²) in [5.41, 5.74) is 1.15. The van der Waals surface area contributed by atoms with Gasteiger partial charge >= 0.3 is 0 Å². The van der Waals surface area contributed by atoms with Crippen LogP contribution in [0.1, 0.15) is 38.2 Å². The predicted octanol–water partition coefficient (Wildman–Crippen LogP) is 2.27. The first-order valence-electron chi connectivity index (χ1n) is 8.76.